The van der Waals surface area contributed by atoms with Crippen LogP contribution in [0.2, 0.25) is 5.02 Å². The number of anilines is 1. The number of nitrogens with two attached hydrogens (primary N) is 1. The second-order valence-corrected chi connectivity index (χ2v) is 7.73. The van der Waals surface area contributed by atoms with Crippen molar-refractivity contribution in [2.24, 2.45) is 5.73 Å². The fourth-order valence-electron chi connectivity index (χ4n) is 3.21. The van der Waals surface area contributed by atoms with Gasteiger partial charge in [0, 0.05) is 16.5 Å². The summed E-state index contributed by atoms with van der Waals surface area (Å²) < 4.78 is 1.72. The standard InChI is InChI=1S/C20H18ClN5OS/c1-12-16(18(22)27)17(13-7-3-2-4-8-13)26-19(23-12)24-20(25-26)28-11-14-9-5-6-10-15(14)21/h2-10,17H,11H2,1H3,(H2,22,27)(H,23,24,25)/t17-/m1/s1. The molecule has 4 rings (SSSR count). The van der Waals surface area contributed by atoms with Gasteiger partial charge < -0.3 is 11.1 Å². The third kappa shape index (κ3) is 3.50. The monoisotopic (exact) mass is 411 g/mol. The number of rotatable bonds is 5. The summed E-state index contributed by atoms with van der Waals surface area (Å²) in [5, 5.41) is 9.11. The minimum atomic E-state index is -0.481. The predicted octanol–water partition coefficient (Wildman–Crippen LogP) is 4.00. The van der Waals surface area contributed by atoms with Gasteiger partial charge in [0.15, 0.2) is 0 Å². The fourth-order valence-corrected chi connectivity index (χ4v) is 4.33. The van der Waals surface area contributed by atoms with Gasteiger partial charge >= 0.3 is 0 Å². The van der Waals surface area contributed by atoms with Crippen molar-refractivity contribution >= 4 is 35.2 Å². The maximum absolute atomic E-state index is 12.2. The van der Waals surface area contributed by atoms with Crippen molar-refractivity contribution in [2.45, 2.75) is 23.9 Å². The summed E-state index contributed by atoms with van der Waals surface area (Å²) >= 11 is 7.73. The van der Waals surface area contributed by atoms with Gasteiger partial charge in [-0.05, 0) is 24.1 Å². The molecule has 1 aliphatic heterocycles. The lowest BCUT2D eigenvalue weighted by Crippen LogP contribution is -2.31. The van der Waals surface area contributed by atoms with Crippen LogP contribution in [0.4, 0.5) is 5.95 Å². The summed E-state index contributed by atoms with van der Waals surface area (Å²) in [6, 6.07) is 17.0. The van der Waals surface area contributed by atoms with Crippen LogP contribution < -0.4 is 11.1 Å². The first-order valence-corrected chi connectivity index (χ1v) is 10.1. The number of thioether (sulfide) groups is 1. The Morgan fingerprint density at radius 2 is 1.93 bits per heavy atom. The van der Waals surface area contributed by atoms with Gasteiger partial charge in [-0.3, -0.25) is 4.79 Å². The van der Waals surface area contributed by atoms with Gasteiger partial charge in [-0.2, -0.15) is 4.98 Å². The molecule has 0 spiro atoms. The van der Waals surface area contributed by atoms with E-state index in [1.54, 1.807) is 4.68 Å². The molecule has 0 fully saturated rings. The number of nitrogens with zero attached hydrogens (tertiary/aromatic N) is 3. The second kappa shape index (κ2) is 7.69. The van der Waals surface area contributed by atoms with Crippen molar-refractivity contribution in [1.29, 1.82) is 0 Å². The lowest BCUT2D eigenvalue weighted by Gasteiger charge is -2.27. The summed E-state index contributed by atoms with van der Waals surface area (Å²) in [4.78, 5) is 16.7. The molecule has 0 saturated carbocycles. The van der Waals surface area contributed by atoms with Crippen LogP contribution in [0.3, 0.4) is 0 Å². The summed E-state index contributed by atoms with van der Waals surface area (Å²) in [6.07, 6.45) is 0. The van der Waals surface area contributed by atoms with E-state index in [2.05, 4.69) is 15.4 Å². The van der Waals surface area contributed by atoms with Crippen LogP contribution in [-0.2, 0) is 10.5 Å². The molecule has 3 N–H and O–H groups in total. The number of carbonyl (C=O) groups excluding carboxylic acids is 1. The molecule has 28 heavy (non-hydrogen) atoms. The summed E-state index contributed by atoms with van der Waals surface area (Å²) in [5.74, 6) is 0.747. The number of halogens is 1. The third-order valence-electron chi connectivity index (χ3n) is 4.53. The Labute approximate surface area is 171 Å². The number of nitrogens with one attached hydrogen (secondary N) is 1. The zero-order valence-corrected chi connectivity index (χ0v) is 16.7. The van der Waals surface area contributed by atoms with Gasteiger partial charge in [0.2, 0.25) is 17.0 Å². The van der Waals surface area contributed by atoms with Gasteiger partial charge in [-0.15, -0.1) is 5.10 Å². The zero-order chi connectivity index (χ0) is 19.7. The molecular formula is C20H18ClN5OS. The van der Waals surface area contributed by atoms with Crippen LogP contribution in [0.25, 0.3) is 0 Å². The highest BCUT2D eigenvalue weighted by Crippen LogP contribution is 2.36. The van der Waals surface area contributed by atoms with Crippen molar-refractivity contribution in [3.05, 3.63) is 82.0 Å². The van der Waals surface area contributed by atoms with Gasteiger partial charge in [0.05, 0.1) is 5.57 Å². The van der Waals surface area contributed by atoms with E-state index in [4.69, 9.17) is 17.3 Å². The maximum Gasteiger partial charge on any atom is 0.248 e. The number of hydrogen-bond acceptors (Lipinski definition) is 5. The lowest BCUT2D eigenvalue weighted by molar-refractivity contribution is -0.115. The minimum Gasteiger partial charge on any atom is -0.366 e. The molecule has 6 nitrogen and oxygen atoms in total. The molecule has 0 unspecified atom stereocenters. The van der Waals surface area contributed by atoms with Gasteiger partial charge in [0.25, 0.3) is 0 Å². The first kappa shape index (κ1) is 18.6. The quantitative estimate of drug-likeness (QED) is 0.620. The molecular weight excluding hydrogens is 394 g/mol. The summed E-state index contributed by atoms with van der Waals surface area (Å²) in [5.41, 5.74) is 8.78. The van der Waals surface area contributed by atoms with Crippen molar-refractivity contribution < 1.29 is 4.79 Å². The number of benzene rings is 2. The molecule has 0 aliphatic carbocycles. The largest absolute Gasteiger partial charge is 0.366 e. The van der Waals surface area contributed by atoms with Crippen LogP contribution >= 0.6 is 23.4 Å². The van der Waals surface area contributed by atoms with Crippen molar-refractivity contribution in [1.82, 2.24) is 14.8 Å². The zero-order valence-electron chi connectivity index (χ0n) is 15.1. The SMILES string of the molecule is CC1=C(C(N)=O)[C@@H](c2ccccc2)n2nc(SCc3ccccc3Cl)nc2N1. The number of fused-ring (bicyclic) bond motifs is 1. The van der Waals surface area contributed by atoms with E-state index < -0.39 is 11.9 Å². The molecule has 3 aromatic rings. The van der Waals surface area contributed by atoms with Crippen molar-refractivity contribution in [2.75, 3.05) is 5.32 Å². The first-order chi connectivity index (χ1) is 13.5. The number of amides is 1. The van der Waals surface area contributed by atoms with Crippen molar-refractivity contribution in [3.63, 3.8) is 0 Å². The highest BCUT2D eigenvalue weighted by atomic mass is 35.5. The van der Waals surface area contributed by atoms with E-state index in [-0.39, 0.29) is 0 Å². The van der Waals surface area contributed by atoms with Crippen LogP contribution in [0.5, 0.6) is 0 Å². The molecule has 142 valence electrons. The first-order valence-electron chi connectivity index (χ1n) is 8.70. The number of allylic oxidation sites excluding steroid dienone is 1. The summed E-state index contributed by atoms with van der Waals surface area (Å²) in [6.45, 7) is 1.82. The normalized spacial score (nSPS) is 15.9. The Hall–Kier alpha value is -2.77. The second-order valence-electron chi connectivity index (χ2n) is 6.38. The van der Waals surface area contributed by atoms with E-state index in [9.17, 15) is 4.79 Å². The third-order valence-corrected chi connectivity index (χ3v) is 5.78. The molecule has 2 aromatic carbocycles. The smallest absolute Gasteiger partial charge is 0.248 e. The Balaban J connectivity index is 1.68. The Morgan fingerprint density at radius 3 is 2.64 bits per heavy atom. The molecule has 8 heteroatoms. The molecule has 0 radical (unpaired) electrons. The Kier molecular flexibility index (Phi) is 5.11. The number of aromatic nitrogens is 3. The Bertz CT molecular complexity index is 1060. The number of hydrogen-bond donors (Lipinski definition) is 2. The highest BCUT2D eigenvalue weighted by Gasteiger charge is 2.33. The molecule has 1 aliphatic rings. The number of carbonyl (C=O) groups is 1. The van der Waals surface area contributed by atoms with Crippen LogP contribution in [0.1, 0.15) is 24.1 Å². The average molecular weight is 412 g/mol. The van der Waals surface area contributed by atoms with Gasteiger partial charge in [0.1, 0.15) is 6.04 Å². The topological polar surface area (TPSA) is 85.8 Å². The van der Waals surface area contributed by atoms with E-state index in [0.29, 0.717) is 33.2 Å². The molecule has 0 saturated heterocycles. The lowest BCUT2D eigenvalue weighted by atomic mass is 9.95. The van der Waals surface area contributed by atoms with Crippen LogP contribution in [0.15, 0.2) is 71.0 Å². The molecule has 1 aromatic heterocycles. The van der Waals surface area contributed by atoms with Gasteiger partial charge in [-0.25, -0.2) is 4.68 Å². The molecule has 1 atom stereocenters. The van der Waals surface area contributed by atoms with E-state index >= 15 is 0 Å². The molecule has 0 bridgehead atoms. The molecule has 1 amide bonds. The van der Waals surface area contributed by atoms with E-state index in [1.807, 2.05) is 61.5 Å². The maximum atomic E-state index is 12.2. The predicted molar refractivity (Wildman–Crippen MR) is 111 cm³/mol. The Morgan fingerprint density at radius 1 is 1.21 bits per heavy atom. The van der Waals surface area contributed by atoms with Crippen LogP contribution in [-0.4, -0.2) is 20.7 Å². The van der Waals surface area contributed by atoms with Gasteiger partial charge in [-0.1, -0.05) is 71.9 Å². The molecule has 2 heterocycles. The summed E-state index contributed by atoms with van der Waals surface area (Å²) in [7, 11) is 0. The highest BCUT2D eigenvalue weighted by molar-refractivity contribution is 7.98. The van der Waals surface area contributed by atoms with Crippen LogP contribution in [0, 0.1) is 0 Å². The number of primary amides is 1. The van der Waals surface area contributed by atoms with Crippen molar-refractivity contribution in [3.8, 4) is 0 Å². The van der Waals surface area contributed by atoms with E-state index in [1.165, 1.54) is 11.8 Å². The minimum absolute atomic E-state index is 0.419. The van der Waals surface area contributed by atoms with E-state index in [0.717, 1.165) is 11.1 Å². The average Bonchev–Trinajstić information content (AvgIpc) is 3.09. The fraction of sp³-hybridized carbons (Fsp3) is 0.150.